The van der Waals surface area contributed by atoms with Crippen molar-refractivity contribution >= 4 is 5.57 Å². The van der Waals surface area contributed by atoms with Gasteiger partial charge in [0.25, 0.3) is 0 Å². The van der Waals surface area contributed by atoms with E-state index in [1.54, 1.807) is 12.3 Å². The molecule has 140 valence electrons. The number of hydrogen-bond donors (Lipinski definition) is 1. The van der Waals surface area contributed by atoms with Gasteiger partial charge in [0, 0.05) is 17.3 Å². The lowest BCUT2D eigenvalue weighted by atomic mass is 9.98. The zero-order valence-electron chi connectivity index (χ0n) is 14.1. The average molecular weight is 376 g/mol. The van der Waals surface area contributed by atoms with Crippen LogP contribution < -0.4 is 0 Å². The van der Waals surface area contributed by atoms with E-state index in [-0.39, 0.29) is 12.2 Å². The molecule has 0 radical (unpaired) electrons. The van der Waals surface area contributed by atoms with E-state index >= 15 is 0 Å². The molecule has 0 saturated heterocycles. The molecule has 1 aromatic heterocycles. The highest BCUT2D eigenvalue weighted by Crippen LogP contribution is 2.33. The van der Waals surface area contributed by atoms with Gasteiger partial charge in [0.05, 0.1) is 25.0 Å². The molecule has 0 aliphatic carbocycles. The van der Waals surface area contributed by atoms with Crippen LogP contribution in [0.3, 0.4) is 0 Å². The van der Waals surface area contributed by atoms with Gasteiger partial charge in [-0.05, 0) is 23.3 Å². The van der Waals surface area contributed by atoms with E-state index in [1.165, 1.54) is 6.20 Å². The second-order valence-corrected chi connectivity index (χ2v) is 5.80. The summed E-state index contributed by atoms with van der Waals surface area (Å²) < 4.78 is 58.3. The van der Waals surface area contributed by atoms with Crippen molar-refractivity contribution in [3.63, 3.8) is 0 Å². The molecule has 0 unspecified atom stereocenters. The Balaban J connectivity index is 1.82. The van der Waals surface area contributed by atoms with Crippen LogP contribution in [0.1, 0.15) is 22.3 Å². The van der Waals surface area contributed by atoms with Gasteiger partial charge in [0.2, 0.25) is 0 Å². The smallest absolute Gasteiger partial charge is 0.373 e. The molecule has 0 bridgehead atoms. The fraction of sp³-hybridized carbons (Fsp3) is 0.150. The van der Waals surface area contributed by atoms with Crippen molar-refractivity contribution in [3.05, 3.63) is 95.1 Å². The number of H-pyrrole nitrogens is 1. The standard InChI is InChI=1S/C20H16F4N2O/c21-19-10-16(20(22,23)24)6-7-18(19)17(15-11-25-26-12-15)8-9-27-13-14-4-2-1-3-5-14/h1-8,10-12H,9,13H2,(H,25,26)/b17-8+. The van der Waals surface area contributed by atoms with Crippen LogP contribution in [0.15, 0.2) is 67.0 Å². The van der Waals surface area contributed by atoms with Crippen molar-refractivity contribution < 1.29 is 22.3 Å². The van der Waals surface area contributed by atoms with E-state index in [1.807, 2.05) is 30.3 Å². The normalized spacial score (nSPS) is 12.4. The van der Waals surface area contributed by atoms with Gasteiger partial charge in [-0.15, -0.1) is 0 Å². The van der Waals surface area contributed by atoms with E-state index in [2.05, 4.69) is 10.2 Å². The predicted octanol–water partition coefficient (Wildman–Crippen LogP) is 5.22. The first-order chi connectivity index (χ1) is 12.9. The summed E-state index contributed by atoms with van der Waals surface area (Å²) in [4.78, 5) is 0. The molecule has 7 heteroatoms. The van der Waals surface area contributed by atoms with Crippen LogP contribution in [0.5, 0.6) is 0 Å². The van der Waals surface area contributed by atoms with Gasteiger partial charge in [-0.25, -0.2) is 4.39 Å². The molecule has 2 aromatic carbocycles. The highest BCUT2D eigenvalue weighted by Gasteiger charge is 2.31. The first-order valence-electron chi connectivity index (χ1n) is 8.13. The molecule has 1 heterocycles. The van der Waals surface area contributed by atoms with E-state index in [0.717, 1.165) is 17.7 Å². The highest BCUT2D eigenvalue weighted by molar-refractivity contribution is 5.79. The largest absolute Gasteiger partial charge is 0.416 e. The van der Waals surface area contributed by atoms with Crippen LogP contribution in [0.2, 0.25) is 0 Å². The topological polar surface area (TPSA) is 37.9 Å². The summed E-state index contributed by atoms with van der Waals surface area (Å²) in [5.74, 6) is -0.958. The van der Waals surface area contributed by atoms with E-state index in [0.29, 0.717) is 23.8 Å². The Morgan fingerprint density at radius 3 is 2.52 bits per heavy atom. The maximum Gasteiger partial charge on any atom is 0.416 e. The Morgan fingerprint density at radius 2 is 1.89 bits per heavy atom. The zero-order valence-corrected chi connectivity index (χ0v) is 14.1. The number of nitrogens with one attached hydrogen (secondary N) is 1. The third-order valence-electron chi connectivity index (χ3n) is 3.91. The maximum absolute atomic E-state index is 14.4. The van der Waals surface area contributed by atoms with Crippen molar-refractivity contribution in [2.75, 3.05) is 6.61 Å². The van der Waals surface area contributed by atoms with E-state index in [4.69, 9.17) is 4.74 Å². The van der Waals surface area contributed by atoms with E-state index in [9.17, 15) is 17.6 Å². The number of alkyl halides is 3. The molecule has 0 fully saturated rings. The van der Waals surface area contributed by atoms with Gasteiger partial charge in [0.15, 0.2) is 0 Å². The summed E-state index contributed by atoms with van der Waals surface area (Å²) in [6.07, 6.45) is 0.0391. The number of benzene rings is 2. The molecule has 27 heavy (non-hydrogen) atoms. The molecule has 3 aromatic rings. The van der Waals surface area contributed by atoms with Crippen LogP contribution in [-0.4, -0.2) is 16.8 Å². The quantitative estimate of drug-likeness (QED) is 0.473. The molecular weight excluding hydrogens is 360 g/mol. The zero-order chi connectivity index (χ0) is 19.3. The van der Waals surface area contributed by atoms with Crippen molar-refractivity contribution in [2.45, 2.75) is 12.8 Å². The summed E-state index contributed by atoms with van der Waals surface area (Å²) >= 11 is 0. The molecule has 0 saturated carbocycles. The number of aromatic amines is 1. The lowest BCUT2D eigenvalue weighted by Crippen LogP contribution is -2.06. The van der Waals surface area contributed by atoms with Gasteiger partial charge in [0.1, 0.15) is 5.82 Å². The fourth-order valence-electron chi connectivity index (χ4n) is 2.58. The molecular formula is C20H16F4N2O. The molecule has 0 atom stereocenters. The Kier molecular flexibility index (Phi) is 5.71. The number of halogens is 4. The molecule has 0 amide bonds. The Labute approximate surface area is 153 Å². The van der Waals surface area contributed by atoms with Gasteiger partial charge < -0.3 is 4.74 Å². The maximum atomic E-state index is 14.4. The number of aromatic nitrogens is 2. The third kappa shape index (κ3) is 4.83. The number of hydrogen-bond acceptors (Lipinski definition) is 2. The summed E-state index contributed by atoms with van der Waals surface area (Å²) in [6.45, 7) is 0.529. The number of nitrogens with zero attached hydrogens (tertiary/aromatic N) is 1. The van der Waals surface area contributed by atoms with Crippen molar-refractivity contribution in [2.24, 2.45) is 0 Å². The molecule has 3 rings (SSSR count). The minimum absolute atomic E-state index is 0.0488. The van der Waals surface area contributed by atoms with Gasteiger partial charge in [-0.1, -0.05) is 42.5 Å². The molecule has 1 N–H and O–H groups in total. The van der Waals surface area contributed by atoms with Crippen molar-refractivity contribution in [1.82, 2.24) is 10.2 Å². The predicted molar refractivity (Wildman–Crippen MR) is 93.2 cm³/mol. The SMILES string of the molecule is Fc1cc(C(F)(F)F)ccc1/C(=C/COCc1ccccc1)c1cn[nH]c1. The minimum Gasteiger partial charge on any atom is -0.373 e. The molecule has 0 aliphatic heterocycles. The van der Waals surface area contributed by atoms with Crippen LogP contribution >= 0.6 is 0 Å². The summed E-state index contributed by atoms with van der Waals surface area (Å²) in [5.41, 5.74) is 0.958. The first kappa shape index (κ1) is 18.8. The second-order valence-electron chi connectivity index (χ2n) is 5.80. The number of rotatable bonds is 6. The lowest BCUT2D eigenvalue weighted by molar-refractivity contribution is -0.137. The number of ether oxygens (including phenoxy) is 1. The fourth-order valence-corrected chi connectivity index (χ4v) is 2.58. The summed E-state index contributed by atoms with van der Waals surface area (Å²) in [6, 6.07) is 12.0. The monoisotopic (exact) mass is 376 g/mol. The van der Waals surface area contributed by atoms with E-state index < -0.39 is 17.6 Å². The van der Waals surface area contributed by atoms with Crippen LogP contribution in [-0.2, 0) is 17.5 Å². The molecule has 0 spiro atoms. The second kappa shape index (κ2) is 8.18. The van der Waals surface area contributed by atoms with Gasteiger partial charge in [-0.2, -0.15) is 18.3 Å². The Hall–Kier alpha value is -2.93. The third-order valence-corrected chi connectivity index (χ3v) is 3.91. The molecule has 3 nitrogen and oxygen atoms in total. The van der Waals surface area contributed by atoms with Gasteiger partial charge in [-0.3, -0.25) is 5.10 Å². The van der Waals surface area contributed by atoms with Crippen molar-refractivity contribution in [3.8, 4) is 0 Å². The lowest BCUT2D eigenvalue weighted by Gasteiger charge is -2.11. The summed E-state index contributed by atoms with van der Waals surface area (Å²) in [7, 11) is 0. The van der Waals surface area contributed by atoms with Crippen molar-refractivity contribution in [1.29, 1.82) is 0 Å². The van der Waals surface area contributed by atoms with Gasteiger partial charge >= 0.3 is 6.18 Å². The Bertz CT molecular complexity index is 903. The van der Waals surface area contributed by atoms with Crippen LogP contribution in [0.25, 0.3) is 5.57 Å². The Morgan fingerprint density at radius 1 is 1.11 bits per heavy atom. The van der Waals surface area contributed by atoms with Crippen LogP contribution in [0.4, 0.5) is 17.6 Å². The summed E-state index contributed by atoms with van der Waals surface area (Å²) in [5, 5.41) is 6.44. The highest BCUT2D eigenvalue weighted by atomic mass is 19.4. The molecule has 0 aliphatic rings. The minimum atomic E-state index is -4.60. The first-order valence-corrected chi connectivity index (χ1v) is 8.13. The van der Waals surface area contributed by atoms with Crippen LogP contribution in [0, 0.1) is 5.82 Å². The average Bonchev–Trinajstić information content (AvgIpc) is 3.17.